The number of carbonyl (C=O) groups excluding carboxylic acids is 1. The van der Waals surface area contributed by atoms with E-state index in [1.807, 2.05) is 43.3 Å². The molecular weight excluding hydrogens is 392 g/mol. The second-order valence-corrected chi connectivity index (χ2v) is 8.23. The van der Waals surface area contributed by atoms with Crippen LogP contribution in [0.2, 0.25) is 0 Å². The molecule has 1 fully saturated rings. The molecule has 0 bridgehead atoms. The molecule has 0 aliphatic carbocycles. The number of furan rings is 1. The van der Waals surface area contributed by atoms with E-state index in [2.05, 4.69) is 26.3 Å². The fourth-order valence-electron chi connectivity index (χ4n) is 4.38. The Labute approximate surface area is 180 Å². The number of H-pyrrole nitrogens is 1. The molecular formula is C24H26N4O3. The number of hydrogen-bond donors (Lipinski definition) is 2. The first kappa shape index (κ1) is 19.8. The number of hydrogen-bond acceptors (Lipinski definition) is 5. The first-order valence-electron chi connectivity index (χ1n) is 10.7. The van der Waals surface area contributed by atoms with Crippen LogP contribution in [0.3, 0.4) is 0 Å². The van der Waals surface area contributed by atoms with Gasteiger partial charge in [-0.25, -0.2) is 4.98 Å². The van der Waals surface area contributed by atoms with Crippen molar-refractivity contribution in [3.8, 4) is 0 Å². The number of fused-ring (bicyclic) bond motifs is 2. The van der Waals surface area contributed by atoms with Crippen molar-refractivity contribution < 1.29 is 13.9 Å². The first-order chi connectivity index (χ1) is 15.1. The monoisotopic (exact) mass is 418 g/mol. The third-order valence-electron chi connectivity index (χ3n) is 5.77. The molecule has 7 nitrogen and oxygen atoms in total. The molecule has 2 N–H and O–H groups in total. The highest BCUT2D eigenvalue weighted by molar-refractivity contribution is 5.94. The molecule has 0 spiro atoms. The maximum absolute atomic E-state index is 12.7. The molecule has 1 aliphatic rings. The van der Waals surface area contributed by atoms with Crippen LogP contribution in [-0.4, -0.2) is 53.6 Å². The number of imidazole rings is 1. The Morgan fingerprint density at radius 3 is 3.16 bits per heavy atom. The van der Waals surface area contributed by atoms with Crippen molar-refractivity contribution in [2.45, 2.75) is 13.3 Å². The summed E-state index contributed by atoms with van der Waals surface area (Å²) >= 11 is 0. The second kappa shape index (κ2) is 8.53. The van der Waals surface area contributed by atoms with Crippen molar-refractivity contribution >= 4 is 33.6 Å². The molecule has 1 amide bonds. The lowest BCUT2D eigenvalue weighted by molar-refractivity contribution is -0.117. The Morgan fingerprint density at radius 2 is 2.23 bits per heavy atom. The van der Waals surface area contributed by atoms with Crippen LogP contribution in [0, 0.1) is 12.8 Å². The Hall–Kier alpha value is -3.16. The zero-order valence-corrected chi connectivity index (χ0v) is 17.6. The zero-order chi connectivity index (χ0) is 21.2. The van der Waals surface area contributed by atoms with Gasteiger partial charge in [-0.1, -0.05) is 12.1 Å². The van der Waals surface area contributed by atoms with Crippen LogP contribution in [-0.2, 0) is 16.0 Å². The highest BCUT2D eigenvalue weighted by Gasteiger charge is 2.22. The Kier molecular flexibility index (Phi) is 5.44. The molecule has 31 heavy (non-hydrogen) atoms. The predicted octanol–water partition coefficient (Wildman–Crippen LogP) is 3.75. The van der Waals surface area contributed by atoms with Crippen molar-refractivity contribution in [2.24, 2.45) is 5.92 Å². The van der Waals surface area contributed by atoms with Crippen LogP contribution in [0.5, 0.6) is 0 Å². The number of rotatable bonds is 5. The number of aryl methyl sites for hydroxylation is 1. The summed E-state index contributed by atoms with van der Waals surface area (Å²) in [6, 6.07) is 13.9. The molecule has 2 aromatic heterocycles. The zero-order valence-electron chi connectivity index (χ0n) is 17.6. The molecule has 7 heteroatoms. The van der Waals surface area contributed by atoms with Crippen molar-refractivity contribution in [2.75, 3.05) is 38.2 Å². The molecule has 3 heterocycles. The lowest BCUT2D eigenvalue weighted by atomic mass is 9.97. The summed E-state index contributed by atoms with van der Waals surface area (Å²) in [7, 11) is 0. The van der Waals surface area contributed by atoms with Crippen LogP contribution < -0.4 is 5.32 Å². The second-order valence-electron chi connectivity index (χ2n) is 8.23. The summed E-state index contributed by atoms with van der Waals surface area (Å²) in [4.78, 5) is 22.5. The van der Waals surface area contributed by atoms with Gasteiger partial charge < -0.3 is 19.5 Å². The van der Waals surface area contributed by atoms with Crippen molar-refractivity contribution in [3.05, 3.63) is 60.1 Å². The van der Waals surface area contributed by atoms with Gasteiger partial charge in [-0.15, -0.1) is 0 Å². The van der Waals surface area contributed by atoms with Gasteiger partial charge in [0, 0.05) is 24.2 Å². The highest BCUT2D eigenvalue weighted by Crippen LogP contribution is 2.24. The number of nitrogens with zero attached hydrogens (tertiary/aromatic N) is 2. The summed E-state index contributed by atoms with van der Waals surface area (Å²) in [5.41, 5.74) is 4.76. The number of anilines is 1. The van der Waals surface area contributed by atoms with Crippen molar-refractivity contribution in [1.82, 2.24) is 14.9 Å². The predicted molar refractivity (Wildman–Crippen MR) is 120 cm³/mol. The Morgan fingerprint density at radius 1 is 1.29 bits per heavy atom. The molecule has 2 aromatic carbocycles. The Bertz CT molecular complexity index is 1210. The summed E-state index contributed by atoms with van der Waals surface area (Å²) in [6.07, 6.45) is 2.63. The summed E-state index contributed by atoms with van der Waals surface area (Å²) in [5.74, 6) is 1.16. The molecule has 1 atom stereocenters. The van der Waals surface area contributed by atoms with Gasteiger partial charge in [0.25, 0.3) is 0 Å². The van der Waals surface area contributed by atoms with E-state index in [1.54, 1.807) is 6.26 Å². The number of benzene rings is 2. The maximum Gasteiger partial charge on any atom is 0.238 e. The SMILES string of the molecule is Cc1nc2ccc(NC(=O)CN3CCOC[C@H](Cc4cccc5occc45)C3)cc2[nH]1. The normalized spacial score (nSPS) is 17.8. The van der Waals surface area contributed by atoms with Crippen LogP contribution in [0.15, 0.2) is 53.1 Å². The number of amides is 1. The quantitative estimate of drug-likeness (QED) is 0.516. The van der Waals surface area contributed by atoms with Crippen molar-refractivity contribution in [1.29, 1.82) is 0 Å². The molecule has 0 unspecified atom stereocenters. The van der Waals surface area contributed by atoms with E-state index in [0.717, 1.165) is 53.0 Å². The minimum atomic E-state index is -0.0202. The van der Waals surface area contributed by atoms with E-state index in [9.17, 15) is 4.79 Å². The van der Waals surface area contributed by atoms with Crippen LogP contribution >= 0.6 is 0 Å². The number of aromatic nitrogens is 2. The van der Waals surface area contributed by atoms with Gasteiger partial charge in [0.1, 0.15) is 11.4 Å². The number of ether oxygens (including phenoxy) is 1. The minimum Gasteiger partial charge on any atom is -0.464 e. The lowest BCUT2D eigenvalue weighted by Crippen LogP contribution is -2.37. The highest BCUT2D eigenvalue weighted by atomic mass is 16.5. The largest absolute Gasteiger partial charge is 0.464 e. The van der Waals surface area contributed by atoms with E-state index < -0.39 is 0 Å². The number of aromatic amines is 1. The molecule has 0 saturated carbocycles. The van der Waals surface area contributed by atoms with E-state index in [-0.39, 0.29) is 5.91 Å². The summed E-state index contributed by atoms with van der Waals surface area (Å²) < 4.78 is 11.4. The van der Waals surface area contributed by atoms with E-state index in [1.165, 1.54) is 5.56 Å². The van der Waals surface area contributed by atoms with Gasteiger partial charge in [-0.3, -0.25) is 9.69 Å². The first-order valence-corrected chi connectivity index (χ1v) is 10.7. The van der Waals surface area contributed by atoms with Crippen LogP contribution in [0.25, 0.3) is 22.0 Å². The fourth-order valence-corrected chi connectivity index (χ4v) is 4.38. The van der Waals surface area contributed by atoms with E-state index in [0.29, 0.717) is 25.7 Å². The fraction of sp³-hybridized carbons (Fsp3) is 0.333. The lowest BCUT2D eigenvalue weighted by Gasteiger charge is -2.23. The third kappa shape index (κ3) is 4.47. The summed E-state index contributed by atoms with van der Waals surface area (Å²) in [5, 5.41) is 4.17. The van der Waals surface area contributed by atoms with Crippen molar-refractivity contribution in [3.63, 3.8) is 0 Å². The molecule has 160 valence electrons. The van der Waals surface area contributed by atoms with Gasteiger partial charge in [-0.05, 0) is 55.2 Å². The van der Waals surface area contributed by atoms with Gasteiger partial charge in [0.05, 0.1) is 37.1 Å². The van der Waals surface area contributed by atoms with Crippen LogP contribution in [0.1, 0.15) is 11.4 Å². The topological polar surface area (TPSA) is 83.4 Å². The Balaban J connectivity index is 1.23. The van der Waals surface area contributed by atoms with Gasteiger partial charge in [0.2, 0.25) is 5.91 Å². The average Bonchev–Trinajstić information content (AvgIpc) is 3.30. The molecule has 4 aromatic rings. The molecule has 1 saturated heterocycles. The molecule has 5 rings (SSSR count). The average molecular weight is 418 g/mol. The van der Waals surface area contributed by atoms with Gasteiger partial charge in [-0.2, -0.15) is 0 Å². The van der Waals surface area contributed by atoms with Crippen LogP contribution in [0.4, 0.5) is 5.69 Å². The molecule has 1 aliphatic heterocycles. The number of nitrogens with one attached hydrogen (secondary N) is 2. The van der Waals surface area contributed by atoms with E-state index in [4.69, 9.17) is 9.15 Å². The van der Waals surface area contributed by atoms with Gasteiger partial charge in [0.15, 0.2) is 0 Å². The summed E-state index contributed by atoms with van der Waals surface area (Å²) in [6.45, 7) is 5.17. The van der Waals surface area contributed by atoms with E-state index >= 15 is 0 Å². The maximum atomic E-state index is 12.7. The number of carbonyl (C=O) groups is 1. The minimum absolute atomic E-state index is 0.0202. The smallest absolute Gasteiger partial charge is 0.238 e. The van der Waals surface area contributed by atoms with Gasteiger partial charge >= 0.3 is 0 Å². The molecule has 0 radical (unpaired) electrons. The standard InChI is InChI=1S/C24H26N4O3/c1-16-25-21-6-5-19(12-22(21)26-16)27-24(29)14-28-8-10-30-15-17(13-28)11-18-3-2-4-23-20(18)7-9-31-23/h2-7,9,12,17H,8,10-11,13-15H2,1H3,(H,25,26)(H,27,29)/t17-/m1/s1. The third-order valence-corrected chi connectivity index (χ3v) is 5.77.